The summed E-state index contributed by atoms with van der Waals surface area (Å²) in [7, 11) is -4.78. The van der Waals surface area contributed by atoms with Gasteiger partial charge in [0.25, 0.3) is 0 Å². The Balaban J connectivity index is 4.13. The van der Waals surface area contributed by atoms with Crippen LogP contribution in [0.3, 0.4) is 0 Å². The molecule has 0 aromatic carbocycles. The van der Waals surface area contributed by atoms with Crippen molar-refractivity contribution in [3.8, 4) is 0 Å². The van der Waals surface area contributed by atoms with Crippen molar-refractivity contribution in [1.82, 2.24) is 0 Å². The number of phosphoric ester groups is 1. The van der Waals surface area contributed by atoms with Gasteiger partial charge in [-0.1, -0.05) is 150 Å². The van der Waals surface area contributed by atoms with Crippen molar-refractivity contribution in [2.75, 3.05) is 13.2 Å². The van der Waals surface area contributed by atoms with E-state index in [9.17, 15) is 14.2 Å². The molecule has 52 heavy (non-hydrogen) atoms. The Morgan fingerprint density at radius 1 is 0.519 bits per heavy atom. The van der Waals surface area contributed by atoms with Crippen molar-refractivity contribution in [3.05, 3.63) is 85.1 Å². The average molecular weight is 747 g/mol. The maximum absolute atomic E-state index is 12.4. The highest BCUT2D eigenvalue weighted by Crippen LogP contribution is 2.35. The number of hydrogen-bond donors (Lipinski definition) is 2. The van der Waals surface area contributed by atoms with Crippen molar-refractivity contribution in [2.45, 2.75) is 161 Å². The van der Waals surface area contributed by atoms with Crippen LogP contribution in [0.25, 0.3) is 0 Å². The van der Waals surface area contributed by atoms with Gasteiger partial charge < -0.3 is 19.3 Å². The molecule has 296 valence electrons. The molecule has 9 heteroatoms. The fourth-order valence-electron chi connectivity index (χ4n) is 4.98. The molecule has 0 spiro atoms. The van der Waals surface area contributed by atoms with Crippen LogP contribution in [-0.2, 0) is 28.2 Å². The second-order valence-corrected chi connectivity index (χ2v) is 14.1. The van der Waals surface area contributed by atoms with Gasteiger partial charge in [-0.2, -0.15) is 0 Å². The van der Waals surface area contributed by atoms with Crippen LogP contribution in [0, 0.1) is 0 Å². The molecule has 0 heterocycles. The van der Waals surface area contributed by atoms with Gasteiger partial charge in [0.2, 0.25) is 0 Å². The lowest BCUT2D eigenvalue weighted by Crippen LogP contribution is -2.29. The Kier molecular flexibility index (Phi) is 35.9. The molecule has 0 aliphatic heterocycles. The highest BCUT2D eigenvalue weighted by atomic mass is 31.2. The second kappa shape index (κ2) is 38.0. The van der Waals surface area contributed by atoms with Crippen molar-refractivity contribution in [3.63, 3.8) is 0 Å². The normalized spacial score (nSPS) is 13.4. The first-order valence-electron chi connectivity index (χ1n) is 19.9. The van der Waals surface area contributed by atoms with Crippen LogP contribution < -0.4 is 0 Å². The van der Waals surface area contributed by atoms with Crippen molar-refractivity contribution >= 4 is 19.8 Å². The Hall–Kier alpha value is -2.77. The zero-order valence-electron chi connectivity index (χ0n) is 32.4. The maximum atomic E-state index is 12.4. The summed E-state index contributed by atoms with van der Waals surface area (Å²) in [5.74, 6) is -1.01. The van der Waals surface area contributed by atoms with Crippen LogP contribution in [0.1, 0.15) is 155 Å². The standard InChI is InChI=1S/C43H71O8P/c1-3-5-7-9-11-13-15-17-19-21-23-25-27-29-31-33-35-37-42(44)49-39-41(40-50-52(46,47)48)51-43(45)38-36-34-32-30-28-26-24-22-20-18-16-14-12-10-8-6-4-2/h6,8,12,14,18,20,23-26,29-32,41H,3-5,7,9-11,13,15-17,19,21-22,27-28,33-40H2,1-2H3,(H2,46,47,48)/b8-6+,14-12+,20-18+,25-23+,26-24+,31-29+,32-30+/t41-/m1/s1. The molecule has 1 atom stereocenters. The molecule has 8 nitrogen and oxygen atoms in total. The van der Waals surface area contributed by atoms with Crippen molar-refractivity contribution in [2.24, 2.45) is 0 Å². The molecule has 0 bridgehead atoms. The molecule has 0 aromatic rings. The molecule has 0 unspecified atom stereocenters. The van der Waals surface area contributed by atoms with Gasteiger partial charge in [-0.3, -0.25) is 14.1 Å². The number of carbonyl (C=O) groups excluding carboxylic acids is 2. The minimum Gasteiger partial charge on any atom is -0.462 e. The van der Waals surface area contributed by atoms with Crippen LogP contribution >= 0.6 is 7.82 Å². The van der Waals surface area contributed by atoms with Crippen LogP contribution in [0.4, 0.5) is 0 Å². The van der Waals surface area contributed by atoms with E-state index in [2.05, 4.69) is 85.2 Å². The first-order chi connectivity index (χ1) is 25.3. The maximum Gasteiger partial charge on any atom is 0.469 e. The third-order valence-electron chi connectivity index (χ3n) is 7.90. The zero-order valence-corrected chi connectivity index (χ0v) is 33.3. The van der Waals surface area contributed by atoms with Crippen molar-refractivity contribution in [1.29, 1.82) is 0 Å². The third-order valence-corrected chi connectivity index (χ3v) is 8.38. The van der Waals surface area contributed by atoms with E-state index in [-0.39, 0.29) is 19.4 Å². The molecule has 0 radical (unpaired) electrons. The third kappa shape index (κ3) is 40.0. The second-order valence-electron chi connectivity index (χ2n) is 12.9. The summed E-state index contributed by atoms with van der Waals surface area (Å²) in [6, 6.07) is 0. The molecular weight excluding hydrogens is 675 g/mol. The van der Waals surface area contributed by atoms with E-state index in [1.54, 1.807) is 0 Å². The smallest absolute Gasteiger partial charge is 0.462 e. The minimum absolute atomic E-state index is 0.120. The molecule has 0 aliphatic rings. The van der Waals surface area contributed by atoms with Crippen LogP contribution in [0.5, 0.6) is 0 Å². The molecular formula is C43H71O8P. The molecule has 0 rings (SSSR count). The van der Waals surface area contributed by atoms with Gasteiger partial charge in [0.15, 0.2) is 6.10 Å². The highest BCUT2D eigenvalue weighted by molar-refractivity contribution is 7.46. The Labute approximate surface area is 316 Å². The summed E-state index contributed by atoms with van der Waals surface area (Å²) in [6.07, 6.45) is 50.3. The fourth-order valence-corrected chi connectivity index (χ4v) is 5.34. The predicted octanol–water partition coefficient (Wildman–Crippen LogP) is 12.1. The number of hydrogen-bond acceptors (Lipinski definition) is 6. The molecule has 2 N–H and O–H groups in total. The van der Waals surface area contributed by atoms with Gasteiger partial charge in [-0.25, -0.2) is 4.57 Å². The summed E-state index contributed by atoms with van der Waals surface area (Å²) in [5.41, 5.74) is 0. The number of allylic oxidation sites excluding steroid dienone is 14. The van der Waals surface area contributed by atoms with Crippen molar-refractivity contribution < 1.29 is 37.9 Å². The summed E-state index contributed by atoms with van der Waals surface area (Å²) in [4.78, 5) is 42.7. The van der Waals surface area contributed by atoms with Gasteiger partial charge in [-0.15, -0.1) is 0 Å². The number of unbranched alkanes of at least 4 members (excludes halogenated alkanes) is 11. The lowest BCUT2D eigenvalue weighted by Gasteiger charge is -2.18. The van der Waals surface area contributed by atoms with E-state index in [1.807, 2.05) is 18.2 Å². The van der Waals surface area contributed by atoms with Crippen LogP contribution in [-0.4, -0.2) is 41.0 Å². The van der Waals surface area contributed by atoms with Gasteiger partial charge >= 0.3 is 19.8 Å². The summed E-state index contributed by atoms with van der Waals surface area (Å²) >= 11 is 0. The number of phosphoric acid groups is 1. The Morgan fingerprint density at radius 2 is 0.923 bits per heavy atom. The molecule has 0 aromatic heterocycles. The summed E-state index contributed by atoms with van der Waals surface area (Å²) in [5, 5.41) is 0. The van der Waals surface area contributed by atoms with E-state index >= 15 is 0 Å². The summed E-state index contributed by atoms with van der Waals surface area (Å²) < 4.78 is 26.2. The van der Waals surface area contributed by atoms with E-state index in [0.29, 0.717) is 19.3 Å². The average Bonchev–Trinajstić information content (AvgIpc) is 3.11. The molecule has 0 amide bonds. The van der Waals surface area contributed by atoms with Gasteiger partial charge in [-0.05, 0) is 77.0 Å². The van der Waals surface area contributed by atoms with Gasteiger partial charge in [0.05, 0.1) is 6.61 Å². The largest absolute Gasteiger partial charge is 0.469 e. The van der Waals surface area contributed by atoms with E-state index in [0.717, 1.165) is 51.4 Å². The number of rotatable bonds is 35. The quantitative estimate of drug-likeness (QED) is 0.0285. The predicted molar refractivity (Wildman–Crippen MR) is 216 cm³/mol. The first kappa shape index (κ1) is 49.2. The minimum atomic E-state index is -4.78. The van der Waals surface area contributed by atoms with Crippen LogP contribution in [0.15, 0.2) is 85.1 Å². The lowest BCUT2D eigenvalue weighted by atomic mass is 10.1. The molecule has 0 saturated carbocycles. The lowest BCUT2D eigenvalue weighted by molar-refractivity contribution is -0.161. The van der Waals surface area contributed by atoms with E-state index < -0.39 is 32.5 Å². The number of esters is 2. The number of ether oxygens (including phenoxy) is 2. The Morgan fingerprint density at radius 3 is 1.38 bits per heavy atom. The summed E-state index contributed by atoms with van der Waals surface area (Å²) in [6.45, 7) is 3.47. The molecule has 0 aliphatic carbocycles. The fraction of sp³-hybridized carbons (Fsp3) is 0.628. The monoisotopic (exact) mass is 746 g/mol. The van der Waals surface area contributed by atoms with E-state index in [4.69, 9.17) is 19.3 Å². The molecule has 0 saturated heterocycles. The first-order valence-corrected chi connectivity index (χ1v) is 21.4. The highest BCUT2D eigenvalue weighted by Gasteiger charge is 2.22. The number of carbonyl (C=O) groups is 2. The zero-order chi connectivity index (χ0) is 38.2. The van der Waals surface area contributed by atoms with Crippen LogP contribution in [0.2, 0.25) is 0 Å². The molecule has 0 fully saturated rings. The van der Waals surface area contributed by atoms with E-state index in [1.165, 1.54) is 57.8 Å². The Bertz CT molecular complexity index is 1110. The van der Waals surface area contributed by atoms with Gasteiger partial charge in [0.1, 0.15) is 6.61 Å². The SMILES string of the molecule is CC/C=C/C/C=C/C/C=C/C/C=C/C/C=C/CCCC(=O)O[C@H](COC(=O)CCC/C=C/C/C=C/CCCCCCCCCCC)COP(=O)(O)O. The van der Waals surface area contributed by atoms with Gasteiger partial charge in [0, 0.05) is 12.8 Å². The topological polar surface area (TPSA) is 119 Å².